The molecule has 0 heterocycles. The van der Waals surface area contributed by atoms with Crippen LogP contribution in [0.25, 0.3) is 0 Å². The van der Waals surface area contributed by atoms with Crippen LogP contribution in [0.15, 0.2) is 0 Å². The normalized spacial score (nSPS) is 15.6. The molecule has 0 aromatic rings. The van der Waals surface area contributed by atoms with Crippen LogP contribution in [-0.4, -0.2) is 35.0 Å². The van der Waals surface area contributed by atoms with Crippen LogP contribution in [0.1, 0.15) is 26.7 Å². The molecule has 0 radical (unpaired) electrons. The molecule has 0 spiro atoms. The molecule has 80 valence electrons. The summed E-state index contributed by atoms with van der Waals surface area (Å²) in [6, 6.07) is 0. The summed E-state index contributed by atoms with van der Waals surface area (Å²) in [7, 11) is -0.820. The molecule has 0 bridgehead atoms. The summed E-state index contributed by atoms with van der Waals surface area (Å²) >= 11 is 0. The van der Waals surface area contributed by atoms with Crippen molar-refractivity contribution in [3.63, 3.8) is 0 Å². The van der Waals surface area contributed by atoms with Crippen molar-refractivity contribution >= 4 is 10.8 Å². The summed E-state index contributed by atoms with van der Waals surface area (Å²) in [6.45, 7) is 5.89. The maximum atomic E-state index is 11.4. The van der Waals surface area contributed by atoms with E-state index in [0.717, 1.165) is 19.4 Å². The standard InChI is InChI=1S/C9H21NO2S/c1-3-4-5-12-6-7-13(11)9(2)8-10/h9H,3-8,10H2,1-2H3. The zero-order chi connectivity index (χ0) is 10.1. The van der Waals surface area contributed by atoms with Gasteiger partial charge in [-0.2, -0.15) is 0 Å². The van der Waals surface area contributed by atoms with E-state index in [1.807, 2.05) is 6.92 Å². The molecule has 3 nitrogen and oxygen atoms in total. The minimum Gasteiger partial charge on any atom is -0.380 e. The molecule has 2 atom stereocenters. The van der Waals surface area contributed by atoms with Crippen LogP contribution in [0.5, 0.6) is 0 Å². The lowest BCUT2D eigenvalue weighted by Crippen LogP contribution is -2.25. The van der Waals surface area contributed by atoms with E-state index in [1.54, 1.807) is 0 Å². The van der Waals surface area contributed by atoms with Gasteiger partial charge < -0.3 is 10.5 Å². The SMILES string of the molecule is CCCCOCCS(=O)C(C)CN. The molecule has 0 aliphatic rings. The number of hydrogen-bond acceptors (Lipinski definition) is 3. The highest BCUT2D eigenvalue weighted by molar-refractivity contribution is 7.85. The maximum absolute atomic E-state index is 11.4. The Morgan fingerprint density at radius 3 is 2.69 bits per heavy atom. The highest BCUT2D eigenvalue weighted by Crippen LogP contribution is 1.94. The number of nitrogens with two attached hydrogens (primary N) is 1. The van der Waals surface area contributed by atoms with Crippen LogP contribution >= 0.6 is 0 Å². The van der Waals surface area contributed by atoms with Gasteiger partial charge in [-0.05, 0) is 13.3 Å². The van der Waals surface area contributed by atoms with E-state index in [2.05, 4.69) is 6.92 Å². The van der Waals surface area contributed by atoms with Crippen molar-refractivity contribution in [1.82, 2.24) is 0 Å². The van der Waals surface area contributed by atoms with Gasteiger partial charge in [-0.25, -0.2) is 0 Å². The molecule has 2 unspecified atom stereocenters. The van der Waals surface area contributed by atoms with Gasteiger partial charge in [0.05, 0.1) is 6.61 Å². The first kappa shape index (κ1) is 13.1. The molecule has 2 N–H and O–H groups in total. The summed E-state index contributed by atoms with van der Waals surface area (Å²) in [4.78, 5) is 0. The lowest BCUT2D eigenvalue weighted by molar-refractivity contribution is 0.146. The van der Waals surface area contributed by atoms with Crippen molar-refractivity contribution in [2.75, 3.05) is 25.5 Å². The van der Waals surface area contributed by atoms with Gasteiger partial charge in [0.1, 0.15) is 0 Å². The fourth-order valence-corrected chi connectivity index (χ4v) is 1.70. The zero-order valence-corrected chi connectivity index (χ0v) is 9.44. The van der Waals surface area contributed by atoms with Crippen LogP contribution in [-0.2, 0) is 15.5 Å². The lowest BCUT2D eigenvalue weighted by atomic mass is 10.4. The van der Waals surface area contributed by atoms with E-state index < -0.39 is 10.8 Å². The quantitative estimate of drug-likeness (QED) is 0.602. The monoisotopic (exact) mass is 207 g/mol. The number of rotatable bonds is 8. The van der Waals surface area contributed by atoms with Gasteiger partial charge in [-0.3, -0.25) is 4.21 Å². The Morgan fingerprint density at radius 2 is 2.15 bits per heavy atom. The van der Waals surface area contributed by atoms with Gasteiger partial charge in [-0.1, -0.05) is 13.3 Å². The van der Waals surface area contributed by atoms with Gasteiger partial charge in [-0.15, -0.1) is 0 Å². The third-order valence-electron chi connectivity index (χ3n) is 1.85. The van der Waals surface area contributed by atoms with Gasteiger partial charge in [0, 0.05) is 35.0 Å². The molecule has 0 aliphatic carbocycles. The van der Waals surface area contributed by atoms with Crippen LogP contribution in [0, 0.1) is 0 Å². The highest BCUT2D eigenvalue weighted by Gasteiger charge is 2.07. The van der Waals surface area contributed by atoms with Crippen LogP contribution in [0.2, 0.25) is 0 Å². The molecule has 0 aromatic heterocycles. The van der Waals surface area contributed by atoms with Crippen molar-refractivity contribution in [3.8, 4) is 0 Å². The molecule has 0 saturated carbocycles. The predicted molar refractivity (Wildman–Crippen MR) is 57.3 cm³/mol. The van der Waals surface area contributed by atoms with E-state index in [0.29, 0.717) is 18.9 Å². The second kappa shape index (κ2) is 8.66. The molecular weight excluding hydrogens is 186 g/mol. The first-order valence-corrected chi connectivity index (χ1v) is 6.25. The Morgan fingerprint density at radius 1 is 1.46 bits per heavy atom. The Kier molecular flexibility index (Phi) is 8.71. The van der Waals surface area contributed by atoms with Crippen LogP contribution in [0.4, 0.5) is 0 Å². The fourth-order valence-electron chi connectivity index (χ4n) is 0.798. The first-order valence-electron chi connectivity index (χ1n) is 4.87. The molecule has 0 rings (SSSR count). The topological polar surface area (TPSA) is 52.3 Å². The van der Waals surface area contributed by atoms with Crippen LogP contribution in [0.3, 0.4) is 0 Å². The minimum absolute atomic E-state index is 0.0924. The van der Waals surface area contributed by atoms with Crippen molar-refractivity contribution in [1.29, 1.82) is 0 Å². The molecule has 4 heteroatoms. The summed E-state index contributed by atoms with van der Waals surface area (Å²) in [5.74, 6) is 0.613. The smallest absolute Gasteiger partial charge is 0.0581 e. The molecule has 0 saturated heterocycles. The Labute approximate surface area is 83.5 Å². The van der Waals surface area contributed by atoms with Crippen molar-refractivity contribution in [2.45, 2.75) is 31.9 Å². The third kappa shape index (κ3) is 7.16. The van der Waals surface area contributed by atoms with Gasteiger partial charge in [0.15, 0.2) is 0 Å². The van der Waals surface area contributed by atoms with Crippen molar-refractivity contribution < 1.29 is 8.95 Å². The summed E-state index contributed by atoms with van der Waals surface area (Å²) in [6.07, 6.45) is 2.22. The average Bonchev–Trinajstić information content (AvgIpc) is 2.16. The largest absolute Gasteiger partial charge is 0.380 e. The van der Waals surface area contributed by atoms with Crippen LogP contribution < -0.4 is 5.73 Å². The Bertz CT molecular complexity index is 142. The molecule has 13 heavy (non-hydrogen) atoms. The van der Waals surface area contributed by atoms with E-state index in [1.165, 1.54) is 0 Å². The summed E-state index contributed by atoms with van der Waals surface area (Å²) in [5.41, 5.74) is 5.39. The predicted octanol–water partition coefficient (Wildman–Crippen LogP) is 0.899. The highest BCUT2D eigenvalue weighted by atomic mass is 32.2. The average molecular weight is 207 g/mol. The van der Waals surface area contributed by atoms with E-state index in [4.69, 9.17) is 10.5 Å². The molecule has 0 aromatic carbocycles. The molecule has 0 aliphatic heterocycles. The lowest BCUT2D eigenvalue weighted by Gasteiger charge is -2.08. The maximum Gasteiger partial charge on any atom is 0.0581 e. The number of hydrogen-bond donors (Lipinski definition) is 1. The van der Waals surface area contributed by atoms with Crippen molar-refractivity contribution in [2.24, 2.45) is 5.73 Å². The van der Waals surface area contributed by atoms with E-state index >= 15 is 0 Å². The zero-order valence-electron chi connectivity index (χ0n) is 8.62. The van der Waals surface area contributed by atoms with E-state index in [9.17, 15) is 4.21 Å². The Hall–Kier alpha value is 0.0700. The minimum atomic E-state index is -0.820. The van der Waals surface area contributed by atoms with E-state index in [-0.39, 0.29) is 5.25 Å². The molecule has 0 amide bonds. The van der Waals surface area contributed by atoms with Gasteiger partial charge >= 0.3 is 0 Å². The second-order valence-electron chi connectivity index (χ2n) is 3.10. The molecular formula is C9H21NO2S. The fraction of sp³-hybridized carbons (Fsp3) is 1.00. The molecule has 0 fully saturated rings. The third-order valence-corrected chi connectivity index (χ3v) is 3.51. The van der Waals surface area contributed by atoms with Gasteiger partial charge in [0.2, 0.25) is 0 Å². The second-order valence-corrected chi connectivity index (χ2v) is 5.07. The van der Waals surface area contributed by atoms with Gasteiger partial charge in [0.25, 0.3) is 0 Å². The Balaban J connectivity index is 3.27. The summed E-state index contributed by atoms with van der Waals surface area (Å²) in [5, 5.41) is 0.0924. The first-order chi connectivity index (χ1) is 6.22. The summed E-state index contributed by atoms with van der Waals surface area (Å²) < 4.78 is 16.7. The van der Waals surface area contributed by atoms with Crippen molar-refractivity contribution in [3.05, 3.63) is 0 Å². The number of unbranched alkanes of at least 4 members (excludes halogenated alkanes) is 1. The number of ether oxygens (including phenoxy) is 1.